The largest absolute Gasteiger partial charge is 0.380 e. The minimum Gasteiger partial charge on any atom is -0.380 e. The van der Waals surface area contributed by atoms with Gasteiger partial charge in [-0.05, 0) is 6.42 Å². The first kappa shape index (κ1) is 12.1. The Labute approximate surface area is 76.8 Å². The highest BCUT2D eigenvalue weighted by Gasteiger charge is 1.93. The van der Waals surface area contributed by atoms with Crippen molar-refractivity contribution >= 4 is 11.1 Å². The van der Waals surface area contributed by atoms with Crippen LogP contribution in [0.25, 0.3) is 0 Å². The maximum Gasteiger partial charge on any atom is 0.155 e. The van der Waals surface area contributed by atoms with E-state index in [0.717, 1.165) is 13.0 Å². The van der Waals surface area contributed by atoms with E-state index in [9.17, 15) is 4.21 Å². The minimum absolute atomic E-state index is 0.230. The number of hydrogen-bond acceptors (Lipinski definition) is 2. The average Bonchev–Trinajstić information content (AvgIpc) is 2.02. The van der Waals surface area contributed by atoms with Crippen LogP contribution in [0.15, 0.2) is 0 Å². The fourth-order valence-corrected chi connectivity index (χ4v) is 1.12. The molecule has 0 aromatic rings. The monoisotopic (exact) mass is 194 g/mol. The van der Waals surface area contributed by atoms with E-state index in [-0.39, 0.29) is 5.75 Å². The molecule has 0 aliphatic rings. The third-order valence-corrected chi connectivity index (χ3v) is 2.06. The van der Waals surface area contributed by atoms with Crippen LogP contribution < -0.4 is 0 Å². The fraction of sp³-hybridized carbons (Fsp3) is 1.00. The van der Waals surface area contributed by atoms with E-state index in [1.54, 1.807) is 0 Å². The van der Waals surface area contributed by atoms with Crippen LogP contribution in [-0.4, -0.2) is 27.7 Å². The van der Waals surface area contributed by atoms with E-state index in [4.69, 9.17) is 9.29 Å². The molecule has 0 amide bonds. The van der Waals surface area contributed by atoms with Crippen molar-refractivity contribution < 1.29 is 13.5 Å². The molecule has 0 aliphatic carbocycles. The molecule has 0 aromatic heterocycles. The van der Waals surface area contributed by atoms with Gasteiger partial charge in [-0.2, -0.15) is 0 Å². The molecule has 74 valence electrons. The van der Waals surface area contributed by atoms with Crippen molar-refractivity contribution in [1.29, 1.82) is 0 Å². The molecule has 0 spiro atoms. The van der Waals surface area contributed by atoms with Crippen LogP contribution >= 0.6 is 0 Å². The van der Waals surface area contributed by atoms with Crippen LogP contribution in [0.4, 0.5) is 0 Å². The lowest BCUT2D eigenvalue weighted by molar-refractivity contribution is 0.144. The van der Waals surface area contributed by atoms with Crippen LogP contribution in [-0.2, 0) is 15.8 Å². The number of ether oxygens (including phenoxy) is 1. The van der Waals surface area contributed by atoms with Crippen molar-refractivity contribution in [3.05, 3.63) is 0 Å². The zero-order chi connectivity index (χ0) is 9.23. The summed E-state index contributed by atoms with van der Waals surface area (Å²) in [6.45, 7) is 3.28. The fourth-order valence-electron chi connectivity index (χ4n) is 0.863. The first-order valence-electron chi connectivity index (χ1n) is 4.42. The lowest BCUT2D eigenvalue weighted by atomic mass is 10.2. The highest BCUT2D eigenvalue weighted by atomic mass is 32.2. The van der Waals surface area contributed by atoms with E-state index >= 15 is 0 Å². The summed E-state index contributed by atoms with van der Waals surface area (Å²) >= 11 is -1.70. The second-order valence-corrected chi connectivity index (χ2v) is 3.75. The van der Waals surface area contributed by atoms with Gasteiger partial charge in [-0.25, -0.2) is 4.21 Å². The van der Waals surface area contributed by atoms with Gasteiger partial charge in [0.25, 0.3) is 0 Å². The van der Waals surface area contributed by atoms with Gasteiger partial charge in [0.05, 0.1) is 12.4 Å². The van der Waals surface area contributed by atoms with Crippen molar-refractivity contribution in [2.45, 2.75) is 32.6 Å². The van der Waals surface area contributed by atoms with Crippen LogP contribution in [0, 0.1) is 0 Å². The Hall–Kier alpha value is 0.0700. The van der Waals surface area contributed by atoms with Crippen LogP contribution in [0.5, 0.6) is 0 Å². The maximum atomic E-state index is 10.2. The van der Waals surface area contributed by atoms with Gasteiger partial charge in [-0.3, -0.25) is 0 Å². The molecule has 1 N–H and O–H groups in total. The molecule has 0 aliphatic heterocycles. The van der Waals surface area contributed by atoms with Gasteiger partial charge < -0.3 is 9.29 Å². The van der Waals surface area contributed by atoms with Crippen molar-refractivity contribution in [1.82, 2.24) is 0 Å². The molecular weight excluding hydrogens is 176 g/mol. The molecule has 0 aromatic carbocycles. The molecule has 0 rings (SSSR count). The van der Waals surface area contributed by atoms with Crippen LogP contribution in [0.2, 0.25) is 0 Å². The van der Waals surface area contributed by atoms with Gasteiger partial charge >= 0.3 is 0 Å². The summed E-state index contributed by atoms with van der Waals surface area (Å²) in [5.41, 5.74) is 0. The summed E-state index contributed by atoms with van der Waals surface area (Å²) in [6.07, 6.45) is 4.72. The SMILES string of the molecule is CCCCCCOCCS(=O)O. The summed E-state index contributed by atoms with van der Waals surface area (Å²) < 4.78 is 23.7. The Bertz CT molecular complexity index is 117. The number of hydrogen-bond donors (Lipinski definition) is 1. The lowest BCUT2D eigenvalue weighted by Gasteiger charge is -2.01. The summed E-state index contributed by atoms with van der Waals surface area (Å²) in [6, 6.07) is 0. The van der Waals surface area contributed by atoms with Crippen molar-refractivity contribution in [2.24, 2.45) is 0 Å². The molecule has 0 radical (unpaired) electrons. The second kappa shape index (κ2) is 9.16. The molecule has 0 heterocycles. The Morgan fingerprint density at radius 2 is 2.00 bits per heavy atom. The molecule has 0 bridgehead atoms. The number of unbranched alkanes of at least 4 members (excludes halogenated alkanes) is 3. The molecule has 0 saturated heterocycles. The third kappa shape index (κ3) is 10.1. The Kier molecular flexibility index (Phi) is 9.21. The summed E-state index contributed by atoms with van der Waals surface area (Å²) in [4.78, 5) is 0. The van der Waals surface area contributed by atoms with Gasteiger partial charge in [-0.15, -0.1) is 0 Å². The first-order valence-corrected chi connectivity index (χ1v) is 5.70. The van der Waals surface area contributed by atoms with Gasteiger partial charge in [0.15, 0.2) is 11.1 Å². The van der Waals surface area contributed by atoms with Gasteiger partial charge in [-0.1, -0.05) is 26.2 Å². The Morgan fingerprint density at radius 1 is 1.25 bits per heavy atom. The summed E-state index contributed by atoms with van der Waals surface area (Å²) in [5, 5.41) is 0. The molecule has 12 heavy (non-hydrogen) atoms. The smallest absolute Gasteiger partial charge is 0.155 e. The van der Waals surface area contributed by atoms with Gasteiger partial charge in [0.2, 0.25) is 0 Å². The molecule has 4 heteroatoms. The Balaban J connectivity index is 2.86. The summed E-state index contributed by atoms with van der Waals surface area (Å²) in [7, 11) is 0. The van der Waals surface area contributed by atoms with Crippen molar-refractivity contribution in [3.63, 3.8) is 0 Å². The molecule has 0 saturated carbocycles. The van der Waals surface area contributed by atoms with E-state index in [2.05, 4.69) is 6.92 Å². The van der Waals surface area contributed by atoms with E-state index in [0.29, 0.717) is 6.61 Å². The zero-order valence-electron chi connectivity index (χ0n) is 7.62. The quantitative estimate of drug-likeness (QED) is 0.473. The van der Waals surface area contributed by atoms with E-state index in [1.165, 1.54) is 19.3 Å². The molecule has 1 atom stereocenters. The van der Waals surface area contributed by atoms with E-state index < -0.39 is 11.1 Å². The zero-order valence-corrected chi connectivity index (χ0v) is 8.44. The second-order valence-electron chi connectivity index (χ2n) is 2.70. The Morgan fingerprint density at radius 3 is 2.58 bits per heavy atom. The lowest BCUT2D eigenvalue weighted by Crippen LogP contribution is -2.05. The standard InChI is InChI=1S/C8H18O3S/c1-2-3-4-5-6-11-7-8-12(9)10/h2-8H2,1H3,(H,9,10). The minimum atomic E-state index is -1.70. The highest BCUT2D eigenvalue weighted by Crippen LogP contribution is 1.98. The highest BCUT2D eigenvalue weighted by molar-refractivity contribution is 7.79. The average molecular weight is 194 g/mol. The maximum absolute atomic E-state index is 10.2. The molecule has 3 nitrogen and oxygen atoms in total. The predicted molar refractivity (Wildman–Crippen MR) is 50.6 cm³/mol. The third-order valence-electron chi connectivity index (χ3n) is 1.54. The van der Waals surface area contributed by atoms with E-state index in [1.807, 2.05) is 0 Å². The topological polar surface area (TPSA) is 46.5 Å². The van der Waals surface area contributed by atoms with Crippen LogP contribution in [0.1, 0.15) is 32.6 Å². The number of rotatable bonds is 8. The van der Waals surface area contributed by atoms with Gasteiger partial charge in [0.1, 0.15) is 0 Å². The molecule has 1 unspecified atom stereocenters. The predicted octanol–water partition coefficient (Wildman–Crippen LogP) is 1.81. The van der Waals surface area contributed by atoms with Crippen molar-refractivity contribution in [3.8, 4) is 0 Å². The summed E-state index contributed by atoms with van der Waals surface area (Å²) in [5.74, 6) is 0.230. The first-order chi connectivity index (χ1) is 5.77. The molecular formula is C8H18O3S. The van der Waals surface area contributed by atoms with Crippen LogP contribution in [0.3, 0.4) is 0 Å². The normalized spacial score (nSPS) is 13.2. The van der Waals surface area contributed by atoms with Crippen molar-refractivity contribution in [2.75, 3.05) is 19.0 Å². The van der Waals surface area contributed by atoms with Gasteiger partial charge in [0, 0.05) is 6.61 Å². The molecule has 0 fully saturated rings.